The molecular formula is C13H5BrCl2F2O. The summed E-state index contributed by atoms with van der Waals surface area (Å²) in [4.78, 5) is 12.1. The number of hydrogen-bond acceptors (Lipinski definition) is 1. The van der Waals surface area contributed by atoms with Crippen molar-refractivity contribution in [2.45, 2.75) is 0 Å². The maximum Gasteiger partial charge on any atom is 0.199 e. The second-order valence-electron chi connectivity index (χ2n) is 3.68. The fourth-order valence-corrected chi connectivity index (χ4v) is 2.15. The van der Waals surface area contributed by atoms with E-state index in [0.717, 1.165) is 6.07 Å². The van der Waals surface area contributed by atoms with Crippen LogP contribution in [0.3, 0.4) is 0 Å². The molecule has 0 atom stereocenters. The molecule has 1 nitrogen and oxygen atoms in total. The molecule has 0 saturated carbocycles. The third-order valence-corrected chi connectivity index (χ3v) is 3.80. The van der Waals surface area contributed by atoms with E-state index in [0.29, 0.717) is 0 Å². The first kappa shape index (κ1) is 14.4. The first-order chi connectivity index (χ1) is 8.91. The highest BCUT2D eigenvalue weighted by Gasteiger charge is 2.21. The third-order valence-electron chi connectivity index (χ3n) is 2.45. The third kappa shape index (κ3) is 2.81. The van der Waals surface area contributed by atoms with Crippen molar-refractivity contribution in [3.8, 4) is 0 Å². The average Bonchev–Trinajstić information content (AvgIpc) is 2.37. The van der Waals surface area contributed by atoms with Gasteiger partial charge in [-0.1, -0.05) is 23.2 Å². The van der Waals surface area contributed by atoms with E-state index in [2.05, 4.69) is 15.9 Å². The van der Waals surface area contributed by atoms with Crippen molar-refractivity contribution in [1.29, 1.82) is 0 Å². The molecule has 19 heavy (non-hydrogen) atoms. The molecule has 0 fully saturated rings. The van der Waals surface area contributed by atoms with E-state index in [1.54, 1.807) is 0 Å². The average molecular weight is 366 g/mol. The highest BCUT2D eigenvalue weighted by atomic mass is 79.9. The van der Waals surface area contributed by atoms with Crippen LogP contribution in [0.15, 0.2) is 34.8 Å². The smallest absolute Gasteiger partial charge is 0.199 e. The first-order valence-electron chi connectivity index (χ1n) is 5.05. The Morgan fingerprint density at radius 1 is 1.05 bits per heavy atom. The predicted molar refractivity (Wildman–Crippen MR) is 74.0 cm³/mol. The van der Waals surface area contributed by atoms with Crippen molar-refractivity contribution in [1.82, 2.24) is 0 Å². The zero-order valence-corrected chi connectivity index (χ0v) is 12.3. The van der Waals surface area contributed by atoms with Gasteiger partial charge in [0.2, 0.25) is 0 Å². The van der Waals surface area contributed by atoms with Gasteiger partial charge in [-0.15, -0.1) is 0 Å². The molecule has 0 unspecified atom stereocenters. The topological polar surface area (TPSA) is 17.1 Å². The van der Waals surface area contributed by atoms with E-state index in [9.17, 15) is 13.6 Å². The Bertz CT molecular complexity index is 674. The summed E-state index contributed by atoms with van der Waals surface area (Å²) in [6.07, 6.45) is 0. The minimum absolute atomic E-state index is 0.0114. The lowest BCUT2D eigenvalue weighted by Crippen LogP contribution is -2.08. The number of carbonyl (C=O) groups excluding carboxylic acids is 1. The summed E-state index contributed by atoms with van der Waals surface area (Å²) < 4.78 is 27.4. The molecule has 2 aromatic rings. The van der Waals surface area contributed by atoms with Crippen LogP contribution in [0, 0.1) is 11.6 Å². The van der Waals surface area contributed by atoms with Gasteiger partial charge in [-0.25, -0.2) is 8.78 Å². The van der Waals surface area contributed by atoms with Crippen LogP contribution >= 0.6 is 39.1 Å². The Balaban J connectivity index is 2.56. The van der Waals surface area contributed by atoms with Gasteiger partial charge < -0.3 is 0 Å². The molecule has 2 rings (SSSR count). The molecule has 6 heteroatoms. The van der Waals surface area contributed by atoms with E-state index in [1.165, 1.54) is 24.3 Å². The predicted octanol–water partition coefficient (Wildman–Crippen LogP) is 5.27. The van der Waals surface area contributed by atoms with Gasteiger partial charge in [0.05, 0.1) is 20.1 Å². The summed E-state index contributed by atoms with van der Waals surface area (Å²) in [6, 6.07) is 6.22. The van der Waals surface area contributed by atoms with Crippen molar-refractivity contribution in [2.75, 3.05) is 0 Å². The van der Waals surface area contributed by atoms with E-state index in [-0.39, 0.29) is 20.1 Å². The van der Waals surface area contributed by atoms with E-state index < -0.39 is 23.0 Å². The standard InChI is InChI=1S/C13H5BrCl2F2O/c14-7-2-4-10(17)11(12(7)18)13(19)6-1-3-8(15)9(16)5-6/h1-5H. The molecule has 0 spiro atoms. The second kappa shape index (κ2) is 5.57. The van der Waals surface area contributed by atoms with Gasteiger partial charge in [-0.2, -0.15) is 0 Å². The van der Waals surface area contributed by atoms with Crippen LogP contribution in [0.4, 0.5) is 8.78 Å². The normalized spacial score (nSPS) is 10.6. The fourth-order valence-electron chi connectivity index (χ4n) is 1.52. The van der Waals surface area contributed by atoms with E-state index in [4.69, 9.17) is 23.2 Å². The van der Waals surface area contributed by atoms with Crippen molar-refractivity contribution in [3.05, 3.63) is 67.6 Å². The molecule has 0 N–H and O–H groups in total. The van der Waals surface area contributed by atoms with Gasteiger partial charge in [0, 0.05) is 5.56 Å². The summed E-state index contributed by atoms with van der Waals surface area (Å²) in [5, 5.41) is 0.400. The first-order valence-corrected chi connectivity index (χ1v) is 6.60. The van der Waals surface area contributed by atoms with Crippen LogP contribution in [-0.4, -0.2) is 5.78 Å². The van der Waals surface area contributed by atoms with Gasteiger partial charge in [0.25, 0.3) is 0 Å². The Morgan fingerprint density at radius 2 is 1.74 bits per heavy atom. The van der Waals surface area contributed by atoms with Gasteiger partial charge in [-0.05, 0) is 46.3 Å². The molecule has 0 aromatic heterocycles. The highest BCUT2D eigenvalue weighted by molar-refractivity contribution is 9.10. The summed E-state index contributed by atoms with van der Waals surface area (Å²) >= 11 is 14.4. The largest absolute Gasteiger partial charge is 0.288 e. The fraction of sp³-hybridized carbons (Fsp3) is 0. The van der Waals surface area contributed by atoms with Crippen molar-refractivity contribution >= 4 is 44.9 Å². The van der Waals surface area contributed by atoms with Crippen LogP contribution in [0.2, 0.25) is 10.0 Å². The number of rotatable bonds is 2. The Hall–Kier alpha value is -0.970. The van der Waals surface area contributed by atoms with Crippen LogP contribution in [0.25, 0.3) is 0 Å². The molecule has 0 aliphatic heterocycles. The van der Waals surface area contributed by atoms with Crippen molar-refractivity contribution in [3.63, 3.8) is 0 Å². The summed E-state index contributed by atoms with van der Waals surface area (Å²) in [7, 11) is 0. The number of halogens is 5. The number of hydrogen-bond donors (Lipinski definition) is 0. The molecule has 0 radical (unpaired) electrons. The Labute approximate surface area is 126 Å². The molecule has 98 valence electrons. The van der Waals surface area contributed by atoms with Crippen LogP contribution in [0.1, 0.15) is 15.9 Å². The SMILES string of the molecule is O=C(c1ccc(Cl)c(Cl)c1)c1c(F)ccc(Br)c1F. The highest BCUT2D eigenvalue weighted by Crippen LogP contribution is 2.27. The molecule has 0 aliphatic carbocycles. The maximum absolute atomic E-state index is 13.8. The number of ketones is 1. The minimum Gasteiger partial charge on any atom is -0.288 e. The van der Waals surface area contributed by atoms with Crippen molar-refractivity contribution < 1.29 is 13.6 Å². The molecule has 0 saturated heterocycles. The van der Waals surface area contributed by atoms with Gasteiger partial charge >= 0.3 is 0 Å². The zero-order chi connectivity index (χ0) is 14.2. The number of carbonyl (C=O) groups is 1. The lowest BCUT2D eigenvalue weighted by Gasteiger charge is -2.06. The lowest BCUT2D eigenvalue weighted by atomic mass is 10.0. The number of benzene rings is 2. The Morgan fingerprint density at radius 3 is 2.37 bits per heavy atom. The molecule has 0 aliphatic rings. The molecular weight excluding hydrogens is 361 g/mol. The monoisotopic (exact) mass is 364 g/mol. The summed E-state index contributed by atoms with van der Waals surface area (Å²) in [6.45, 7) is 0. The second-order valence-corrected chi connectivity index (χ2v) is 5.34. The van der Waals surface area contributed by atoms with Gasteiger partial charge in [-0.3, -0.25) is 4.79 Å². The van der Waals surface area contributed by atoms with Gasteiger partial charge in [0.1, 0.15) is 5.82 Å². The minimum atomic E-state index is -0.948. The molecule has 0 bridgehead atoms. The van der Waals surface area contributed by atoms with E-state index in [1.807, 2.05) is 0 Å². The van der Waals surface area contributed by atoms with Gasteiger partial charge in [0.15, 0.2) is 11.6 Å². The van der Waals surface area contributed by atoms with Crippen molar-refractivity contribution in [2.24, 2.45) is 0 Å². The van der Waals surface area contributed by atoms with Crippen LogP contribution < -0.4 is 0 Å². The maximum atomic E-state index is 13.8. The van der Waals surface area contributed by atoms with E-state index >= 15 is 0 Å². The summed E-state index contributed by atoms with van der Waals surface area (Å²) in [5.74, 6) is -2.68. The molecule has 0 heterocycles. The van der Waals surface area contributed by atoms with Crippen LogP contribution in [-0.2, 0) is 0 Å². The Kier molecular flexibility index (Phi) is 4.23. The zero-order valence-electron chi connectivity index (χ0n) is 9.18. The molecule has 2 aromatic carbocycles. The lowest BCUT2D eigenvalue weighted by molar-refractivity contribution is 0.103. The summed E-state index contributed by atoms with van der Waals surface area (Å²) in [5.41, 5.74) is -0.571. The molecule has 0 amide bonds. The van der Waals surface area contributed by atoms with Crippen LogP contribution in [0.5, 0.6) is 0 Å². The quantitative estimate of drug-likeness (QED) is 0.523.